The van der Waals surface area contributed by atoms with Crippen LogP contribution in [0.15, 0.2) is 61.3 Å². The number of hydrogen-bond acceptors (Lipinski definition) is 4. The van der Waals surface area contributed by atoms with Crippen LogP contribution < -0.4 is 10.6 Å². The number of amides is 2. The monoisotopic (exact) mass is 336 g/mol. The lowest BCUT2D eigenvalue weighted by atomic mass is 10.1. The highest BCUT2D eigenvalue weighted by Gasteiger charge is 2.07. The second-order valence-corrected chi connectivity index (χ2v) is 5.45. The number of aromatic nitrogens is 4. The van der Waals surface area contributed by atoms with Crippen LogP contribution in [0.2, 0.25) is 0 Å². The van der Waals surface area contributed by atoms with E-state index in [-0.39, 0.29) is 6.03 Å². The number of imidazole rings is 1. The number of nitrogens with zero attached hydrogens (tertiary/aromatic N) is 4. The zero-order valence-corrected chi connectivity index (χ0v) is 13.8. The molecule has 0 bridgehead atoms. The highest BCUT2D eigenvalue weighted by atomic mass is 16.2. The van der Waals surface area contributed by atoms with Gasteiger partial charge in [0.05, 0.1) is 6.20 Å². The number of hydrogen-bond donors (Lipinski definition) is 2. The maximum Gasteiger partial charge on any atom is 0.314 e. The van der Waals surface area contributed by atoms with E-state index in [1.807, 2.05) is 41.1 Å². The molecule has 0 unspecified atom stereocenters. The average Bonchev–Trinajstić information content (AvgIpc) is 3.12. The fourth-order valence-corrected chi connectivity index (χ4v) is 2.45. The Morgan fingerprint density at radius 1 is 1.00 bits per heavy atom. The van der Waals surface area contributed by atoms with Crippen molar-refractivity contribution in [1.29, 1.82) is 0 Å². The van der Waals surface area contributed by atoms with E-state index >= 15 is 0 Å². The van der Waals surface area contributed by atoms with E-state index < -0.39 is 0 Å². The van der Waals surface area contributed by atoms with E-state index in [2.05, 4.69) is 25.6 Å². The summed E-state index contributed by atoms with van der Waals surface area (Å²) in [4.78, 5) is 24.4. The second kappa shape index (κ2) is 8.58. The van der Waals surface area contributed by atoms with Gasteiger partial charge in [0.1, 0.15) is 5.69 Å². The molecule has 0 saturated carbocycles. The zero-order valence-electron chi connectivity index (χ0n) is 13.8. The fourth-order valence-electron chi connectivity index (χ4n) is 2.45. The lowest BCUT2D eigenvalue weighted by Crippen LogP contribution is -2.38. The highest BCUT2D eigenvalue weighted by molar-refractivity contribution is 5.73. The molecular formula is C18H20N6O. The molecule has 7 heteroatoms. The largest absolute Gasteiger partial charge is 0.338 e. The number of carbonyl (C=O) groups is 1. The summed E-state index contributed by atoms with van der Waals surface area (Å²) in [5, 5.41) is 5.71. The Hall–Kier alpha value is -3.22. The second-order valence-electron chi connectivity index (χ2n) is 5.45. The van der Waals surface area contributed by atoms with Crippen LogP contribution in [-0.4, -0.2) is 38.6 Å². The molecule has 0 spiro atoms. The molecule has 0 atom stereocenters. The van der Waals surface area contributed by atoms with Gasteiger partial charge in [-0.1, -0.05) is 30.3 Å². The summed E-state index contributed by atoms with van der Waals surface area (Å²) in [5.74, 6) is 0.736. The Balaban J connectivity index is 1.41. The van der Waals surface area contributed by atoms with Crippen molar-refractivity contribution in [3.63, 3.8) is 0 Å². The SMILES string of the molecule is O=C(NCCc1ccccc1)NCCn1ccnc1-c1cnccn1. The van der Waals surface area contributed by atoms with E-state index in [0.29, 0.717) is 25.3 Å². The summed E-state index contributed by atoms with van der Waals surface area (Å²) in [6.07, 6.45) is 9.31. The van der Waals surface area contributed by atoms with Gasteiger partial charge in [-0.05, 0) is 12.0 Å². The van der Waals surface area contributed by atoms with E-state index in [1.165, 1.54) is 5.56 Å². The lowest BCUT2D eigenvalue weighted by Gasteiger charge is -2.10. The number of benzene rings is 1. The molecule has 1 aromatic carbocycles. The fraction of sp³-hybridized carbons (Fsp3) is 0.222. The van der Waals surface area contributed by atoms with Crippen molar-refractivity contribution in [3.8, 4) is 11.5 Å². The van der Waals surface area contributed by atoms with Crippen LogP contribution in [-0.2, 0) is 13.0 Å². The van der Waals surface area contributed by atoms with Crippen LogP contribution in [0.4, 0.5) is 4.79 Å². The molecule has 128 valence electrons. The van der Waals surface area contributed by atoms with Crippen LogP contribution in [0.1, 0.15) is 5.56 Å². The van der Waals surface area contributed by atoms with Gasteiger partial charge in [0.2, 0.25) is 0 Å². The van der Waals surface area contributed by atoms with Crippen LogP contribution >= 0.6 is 0 Å². The van der Waals surface area contributed by atoms with Crippen LogP contribution in [0.5, 0.6) is 0 Å². The van der Waals surface area contributed by atoms with E-state index in [1.54, 1.807) is 24.8 Å². The minimum atomic E-state index is -0.169. The van der Waals surface area contributed by atoms with Crippen LogP contribution in [0.25, 0.3) is 11.5 Å². The summed E-state index contributed by atoms with van der Waals surface area (Å²) in [6, 6.07) is 9.90. The molecule has 0 fully saturated rings. The van der Waals surface area contributed by atoms with E-state index in [9.17, 15) is 4.79 Å². The van der Waals surface area contributed by atoms with Crippen molar-refractivity contribution < 1.29 is 4.79 Å². The maximum atomic E-state index is 11.8. The molecule has 0 aliphatic rings. The van der Waals surface area contributed by atoms with Gasteiger partial charge in [-0.3, -0.25) is 4.98 Å². The molecule has 2 N–H and O–H groups in total. The molecule has 0 aliphatic heterocycles. The molecular weight excluding hydrogens is 316 g/mol. The van der Waals surface area contributed by atoms with E-state index in [0.717, 1.165) is 12.2 Å². The number of rotatable bonds is 7. The molecule has 25 heavy (non-hydrogen) atoms. The van der Waals surface area contributed by atoms with Crippen molar-refractivity contribution >= 4 is 6.03 Å². The molecule has 2 amide bonds. The number of urea groups is 1. The Labute approximate surface area is 146 Å². The Bertz CT molecular complexity index is 788. The standard InChI is InChI=1S/C18H20N6O/c25-18(22-7-6-15-4-2-1-3-5-15)23-11-13-24-12-10-21-17(24)16-14-19-8-9-20-16/h1-5,8-10,12,14H,6-7,11,13H2,(H2,22,23,25). The lowest BCUT2D eigenvalue weighted by molar-refractivity contribution is 0.240. The zero-order chi connectivity index (χ0) is 17.3. The first-order valence-electron chi connectivity index (χ1n) is 8.16. The van der Waals surface area contributed by atoms with Crippen molar-refractivity contribution in [3.05, 3.63) is 66.9 Å². The Kier molecular flexibility index (Phi) is 5.71. The molecule has 3 rings (SSSR count). The number of carbonyl (C=O) groups excluding carboxylic acids is 1. The van der Waals surface area contributed by atoms with Gasteiger partial charge in [-0.2, -0.15) is 0 Å². The van der Waals surface area contributed by atoms with Crippen molar-refractivity contribution in [2.75, 3.05) is 13.1 Å². The molecule has 7 nitrogen and oxygen atoms in total. The summed E-state index contributed by atoms with van der Waals surface area (Å²) in [5.41, 5.74) is 1.91. The molecule has 0 saturated heterocycles. The first kappa shape index (κ1) is 16.6. The normalized spacial score (nSPS) is 10.4. The highest BCUT2D eigenvalue weighted by Crippen LogP contribution is 2.12. The van der Waals surface area contributed by atoms with Gasteiger partial charge < -0.3 is 15.2 Å². The minimum Gasteiger partial charge on any atom is -0.338 e. The predicted molar refractivity (Wildman–Crippen MR) is 94.8 cm³/mol. The third kappa shape index (κ3) is 4.87. The summed E-state index contributed by atoms with van der Waals surface area (Å²) >= 11 is 0. The summed E-state index contributed by atoms with van der Waals surface area (Å²) < 4.78 is 1.94. The predicted octanol–water partition coefficient (Wildman–Crippen LogP) is 1.88. The average molecular weight is 336 g/mol. The quantitative estimate of drug-likeness (QED) is 0.690. The van der Waals surface area contributed by atoms with Crippen LogP contribution in [0.3, 0.4) is 0 Å². The van der Waals surface area contributed by atoms with Gasteiger partial charge in [0.15, 0.2) is 5.82 Å². The number of nitrogens with one attached hydrogen (secondary N) is 2. The minimum absolute atomic E-state index is 0.169. The van der Waals surface area contributed by atoms with Gasteiger partial charge >= 0.3 is 6.03 Å². The maximum absolute atomic E-state index is 11.8. The molecule has 0 radical (unpaired) electrons. The molecule has 0 aliphatic carbocycles. The van der Waals surface area contributed by atoms with Gasteiger partial charge in [0.25, 0.3) is 0 Å². The van der Waals surface area contributed by atoms with Crippen molar-refractivity contribution in [1.82, 2.24) is 30.2 Å². The molecule has 3 aromatic rings. The Morgan fingerprint density at radius 3 is 2.64 bits per heavy atom. The first-order valence-corrected chi connectivity index (χ1v) is 8.16. The third-order valence-electron chi connectivity index (χ3n) is 3.69. The summed E-state index contributed by atoms with van der Waals surface area (Å²) in [6.45, 7) is 1.71. The smallest absolute Gasteiger partial charge is 0.314 e. The molecule has 2 aromatic heterocycles. The van der Waals surface area contributed by atoms with Crippen molar-refractivity contribution in [2.24, 2.45) is 0 Å². The van der Waals surface area contributed by atoms with Gasteiger partial charge in [-0.25, -0.2) is 14.8 Å². The topological polar surface area (TPSA) is 84.7 Å². The van der Waals surface area contributed by atoms with Gasteiger partial charge in [-0.15, -0.1) is 0 Å². The van der Waals surface area contributed by atoms with Gasteiger partial charge in [0, 0.05) is 44.4 Å². The third-order valence-corrected chi connectivity index (χ3v) is 3.69. The van der Waals surface area contributed by atoms with Crippen molar-refractivity contribution in [2.45, 2.75) is 13.0 Å². The van der Waals surface area contributed by atoms with Crippen LogP contribution in [0, 0.1) is 0 Å². The first-order chi connectivity index (χ1) is 12.3. The molecule has 2 heterocycles. The Morgan fingerprint density at radius 2 is 1.84 bits per heavy atom. The summed E-state index contributed by atoms with van der Waals surface area (Å²) in [7, 11) is 0. The van der Waals surface area contributed by atoms with E-state index in [4.69, 9.17) is 0 Å².